The molecule has 0 saturated carbocycles. The lowest BCUT2D eigenvalue weighted by atomic mass is 9.87. The molecule has 3 amide bonds. The molecule has 2 saturated heterocycles. The van der Waals surface area contributed by atoms with Crippen molar-refractivity contribution in [2.24, 2.45) is 11.8 Å². The number of benzene rings is 1. The summed E-state index contributed by atoms with van der Waals surface area (Å²) in [6.07, 6.45) is 4.66. The van der Waals surface area contributed by atoms with E-state index in [9.17, 15) is 14.4 Å². The standard InChI is InChI=1S/C24H35N3O3/c1-17(2)23(29)27-15-11-19(12-16-27)21(24(30)26-13-5-4-6-14-26)25-22(28)20-9-7-18(3)8-10-20/h7-10,17,19,21H,4-6,11-16H2,1-3H3,(H,25,28)/t21-/m1/s1. The third-order valence-corrected chi connectivity index (χ3v) is 6.35. The molecule has 2 aliphatic rings. The predicted octanol–water partition coefficient (Wildman–Crippen LogP) is 3.00. The van der Waals surface area contributed by atoms with E-state index in [1.165, 1.54) is 0 Å². The highest BCUT2D eigenvalue weighted by Gasteiger charge is 2.36. The molecule has 1 atom stereocenters. The van der Waals surface area contributed by atoms with E-state index >= 15 is 0 Å². The first-order chi connectivity index (χ1) is 14.4. The minimum atomic E-state index is -0.534. The molecule has 2 heterocycles. The lowest BCUT2D eigenvalue weighted by Gasteiger charge is -2.39. The van der Waals surface area contributed by atoms with Crippen molar-refractivity contribution in [1.29, 1.82) is 0 Å². The maximum atomic E-state index is 13.4. The van der Waals surface area contributed by atoms with Gasteiger partial charge in [-0.25, -0.2) is 0 Å². The summed E-state index contributed by atoms with van der Waals surface area (Å²) in [6, 6.07) is 6.89. The first-order valence-electron chi connectivity index (χ1n) is 11.3. The molecule has 0 bridgehead atoms. The van der Waals surface area contributed by atoms with Crippen LogP contribution in [0.15, 0.2) is 24.3 Å². The summed E-state index contributed by atoms with van der Waals surface area (Å²) in [7, 11) is 0. The molecule has 6 heteroatoms. The zero-order valence-electron chi connectivity index (χ0n) is 18.5. The summed E-state index contributed by atoms with van der Waals surface area (Å²) in [5.74, 6) is 0.0181. The maximum Gasteiger partial charge on any atom is 0.251 e. The van der Waals surface area contributed by atoms with E-state index in [1.54, 1.807) is 12.1 Å². The van der Waals surface area contributed by atoms with E-state index in [1.807, 2.05) is 42.7 Å². The number of piperidine rings is 2. The van der Waals surface area contributed by atoms with Crippen LogP contribution in [0.1, 0.15) is 61.9 Å². The SMILES string of the molecule is Cc1ccc(C(=O)N[C@@H](C(=O)N2CCCCC2)C2CCN(C(=O)C(C)C)CC2)cc1. The second kappa shape index (κ2) is 10.1. The van der Waals surface area contributed by atoms with E-state index in [0.29, 0.717) is 18.7 Å². The van der Waals surface area contributed by atoms with Gasteiger partial charge in [-0.2, -0.15) is 0 Å². The molecule has 0 spiro atoms. The fraction of sp³-hybridized carbons (Fsp3) is 0.625. The fourth-order valence-corrected chi connectivity index (χ4v) is 4.44. The van der Waals surface area contributed by atoms with Crippen molar-refractivity contribution in [3.05, 3.63) is 35.4 Å². The molecule has 1 aromatic rings. The zero-order valence-corrected chi connectivity index (χ0v) is 18.5. The number of rotatable bonds is 5. The Morgan fingerprint density at radius 2 is 1.43 bits per heavy atom. The number of likely N-dealkylation sites (tertiary alicyclic amines) is 2. The van der Waals surface area contributed by atoms with Gasteiger partial charge >= 0.3 is 0 Å². The van der Waals surface area contributed by atoms with Crippen LogP contribution in [0, 0.1) is 18.8 Å². The Bertz CT molecular complexity index is 745. The minimum absolute atomic E-state index is 0.0198. The summed E-state index contributed by atoms with van der Waals surface area (Å²) in [6.45, 7) is 8.63. The Kier molecular flexibility index (Phi) is 7.51. The van der Waals surface area contributed by atoms with Gasteiger partial charge in [-0.3, -0.25) is 14.4 Å². The van der Waals surface area contributed by atoms with Gasteiger partial charge in [0.25, 0.3) is 5.91 Å². The zero-order chi connectivity index (χ0) is 21.7. The van der Waals surface area contributed by atoms with E-state index in [2.05, 4.69) is 5.32 Å². The normalized spacial score (nSPS) is 18.9. The molecular formula is C24H35N3O3. The lowest BCUT2D eigenvalue weighted by Crippen LogP contribution is -2.55. The topological polar surface area (TPSA) is 69.7 Å². The number of nitrogens with zero attached hydrogens (tertiary/aromatic N) is 2. The van der Waals surface area contributed by atoms with Crippen molar-refractivity contribution in [3.8, 4) is 0 Å². The largest absolute Gasteiger partial charge is 0.342 e. The molecule has 0 aromatic heterocycles. The average Bonchev–Trinajstić information content (AvgIpc) is 2.77. The van der Waals surface area contributed by atoms with Crippen LogP contribution < -0.4 is 5.32 Å². The quantitative estimate of drug-likeness (QED) is 0.807. The molecule has 2 fully saturated rings. The minimum Gasteiger partial charge on any atom is -0.342 e. The first kappa shape index (κ1) is 22.3. The highest BCUT2D eigenvalue weighted by molar-refractivity contribution is 5.97. The van der Waals surface area contributed by atoms with Crippen LogP contribution in [0.2, 0.25) is 0 Å². The Morgan fingerprint density at radius 3 is 2.00 bits per heavy atom. The summed E-state index contributed by atoms with van der Waals surface area (Å²) >= 11 is 0. The van der Waals surface area contributed by atoms with Crippen LogP contribution in [0.25, 0.3) is 0 Å². The van der Waals surface area contributed by atoms with Crippen molar-refractivity contribution in [2.45, 2.75) is 58.9 Å². The van der Waals surface area contributed by atoms with E-state index in [4.69, 9.17) is 0 Å². The van der Waals surface area contributed by atoms with E-state index < -0.39 is 6.04 Å². The van der Waals surface area contributed by atoms with Crippen molar-refractivity contribution >= 4 is 17.7 Å². The molecule has 164 valence electrons. The molecule has 0 aliphatic carbocycles. The Balaban J connectivity index is 1.72. The third kappa shape index (κ3) is 5.41. The number of carbonyl (C=O) groups excluding carboxylic acids is 3. The molecule has 2 aliphatic heterocycles. The van der Waals surface area contributed by atoms with E-state index in [0.717, 1.165) is 50.8 Å². The van der Waals surface area contributed by atoms with E-state index in [-0.39, 0.29) is 29.6 Å². The summed E-state index contributed by atoms with van der Waals surface area (Å²) < 4.78 is 0. The number of carbonyl (C=O) groups is 3. The van der Waals surface area contributed by atoms with Gasteiger partial charge in [0, 0.05) is 37.7 Å². The van der Waals surface area contributed by atoms with Crippen LogP contribution >= 0.6 is 0 Å². The van der Waals surface area contributed by atoms with Gasteiger partial charge < -0.3 is 15.1 Å². The third-order valence-electron chi connectivity index (χ3n) is 6.35. The summed E-state index contributed by atoms with van der Waals surface area (Å²) in [5, 5.41) is 3.05. The molecule has 6 nitrogen and oxygen atoms in total. The number of nitrogens with one attached hydrogen (secondary N) is 1. The van der Waals surface area contributed by atoms with Crippen LogP contribution in [-0.4, -0.2) is 59.7 Å². The van der Waals surface area contributed by atoms with Crippen LogP contribution in [0.3, 0.4) is 0 Å². The van der Waals surface area contributed by atoms with Crippen LogP contribution in [0.5, 0.6) is 0 Å². The molecular weight excluding hydrogens is 378 g/mol. The van der Waals surface area contributed by atoms with Crippen LogP contribution in [0.4, 0.5) is 0 Å². The van der Waals surface area contributed by atoms with Gasteiger partial charge in [-0.15, -0.1) is 0 Å². The number of aryl methyl sites for hydroxylation is 1. The number of hydrogen-bond acceptors (Lipinski definition) is 3. The molecule has 0 unspecified atom stereocenters. The lowest BCUT2D eigenvalue weighted by molar-refractivity contribution is -0.138. The molecule has 3 rings (SSSR count). The Morgan fingerprint density at radius 1 is 0.867 bits per heavy atom. The fourth-order valence-electron chi connectivity index (χ4n) is 4.44. The molecule has 0 radical (unpaired) electrons. The van der Waals surface area contributed by atoms with Gasteiger partial charge in [0.15, 0.2) is 0 Å². The maximum absolute atomic E-state index is 13.4. The van der Waals surface area contributed by atoms with Gasteiger partial charge in [0.1, 0.15) is 6.04 Å². The van der Waals surface area contributed by atoms with Gasteiger partial charge in [-0.1, -0.05) is 31.5 Å². The van der Waals surface area contributed by atoms with Crippen molar-refractivity contribution in [1.82, 2.24) is 15.1 Å². The van der Waals surface area contributed by atoms with Gasteiger partial charge in [0.05, 0.1) is 0 Å². The van der Waals surface area contributed by atoms with Crippen molar-refractivity contribution < 1.29 is 14.4 Å². The predicted molar refractivity (Wildman–Crippen MR) is 117 cm³/mol. The average molecular weight is 414 g/mol. The van der Waals surface area contributed by atoms with Crippen LogP contribution in [-0.2, 0) is 9.59 Å². The molecule has 1 N–H and O–H groups in total. The second-order valence-corrected chi connectivity index (χ2v) is 9.02. The van der Waals surface area contributed by atoms with Crippen molar-refractivity contribution in [3.63, 3.8) is 0 Å². The summed E-state index contributed by atoms with van der Waals surface area (Å²) in [5.41, 5.74) is 1.67. The summed E-state index contributed by atoms with van der Waals surface area (Å²) in [4.78, 5) is 42.4. The Hall–Kier alpha value is -2.37. The first-order valence-corrected chi connectivity index (χ1v) is 11.3. The Labute approximate surface area is 180 Å². The van der Waals surface area contributed by atoms with Gasteiger partial charge in [0.2, 0.25) is 11.8 Å². The van der Waals surface area contributed by atoms with Gasteiger partial charge in [-0.05, 0) is 57.1 Å². The molecule has 1 aromatic carbocycles. The van der Waals surface area contributed by atoms with Crippen molar-refractivity contribution in [2.75, 3.05) is 26.2 Å². The number of amides is 3. The highest BCUT2D eigenvalue weighted by Crippen LogP contribution is 2.25. The smallest absolute Gasteiger partial charge is 0.251 e. The highest BCUT2D eigenvalue weighted by atomic mass is 16.2. The monoisotopic (exact) mass is 413 g/mol. The second-order valence-electron chi connectivity index (χ2n) is 9.02. The number of hydrogen-bond donors (Lipinski definition) is 1. The molecule has 30 heavy (non-hydrogen) atoms.